The van der Waals surface area contributed by atoms with Crippen LogP contribution >= 0.6 is 11.5 Å². The minimum Gasteiger partial charge on any atom is -0.492 e. The van der Waals surface area contributed by atoms with Crippen molar-refractivity contribution in [1.29, 1.82) is 5.26 Å². The van der Waals surface area contributed by atoms with Gasteiger partial charge in [-0.05, 0) is 35.5 Å². The lowest BCUT2D eigenvalue weighted by atomic mass is 10.1. The highest BCUT2D eigenvalue weighted by atomic mass is 32.1. The summed E-state index contributed by atoms with van der Waals surface area (Å²) in [7, 11) is 0. The van der Waals surface area contributed by atoms with Crippen LogP contribution in [0, 0.1) is 11.3 Å². The molecule has 4 nitrogen and oxygen atoms in total. The maximum atomic E-state index is 9.44. The zero-order valence-electron chi connectivity index (χ0n) is 9.55. The highest BCUT2D eigenvalue weighted by Crippen LogP contribution is 2.37. The molecule has 1 unspecified atom stereocenters. The minimum absolute atomic E-state index is 0.184. The predicted octanol–water partition coefficient (Wildman–Crippen LogP) is 2.82. The molecule has 0 saturated carbocycles. The van der Waals surface area contributed by atoms with E-state index in [1.54, 1.807) is 0 Å². The van der Waals surface area contributed by atoms with Crippen molar-refractivity contribution in [3.63, 3.8) is 0 Å². The van der Waals surface area contributed by atoms with Gasteiger partial charge in [0.1, 0.15) is 16.6 Å². The molecule has 1 heterocycles. The number of rotatable bonds is 2. The van der Waals surface area contributed by atoms with E-state index < -0.39 is 0 Å². The Kier molecular flexibility index (Phi) is 2.65. The first-order valence-electron chi connectivity index (χ1n) is 5.72. The van der Waals surface area contributed by atoms with Gasteiger partial charge in [0.25, 0.3) is 0 Å². The number of nitriles is 1. The van der Waals surface area contributed by atoms with Crippen molar-refractivity contribution in [2.24, 2.45) is 0 Å². The summed E-state index contributed by atoms with van der Waals surface area (Å²) >= 11 is 1.13. The molecule has 0 spiro atoms. The molecule has 0 saturated heterocycles. The molecule has 1 aliphatic rings. The summed E-state index contributed by atoms with van der Waals surface area (Å²) in [6.45, 7) is 0. The number of aromatic nitrogens is 1. The molecule has 5 heteroatoms. The molecule has 2 aromatic rings. The Morgan fingerprint density at radius 2 is 2.28 bits per heavy atom. The molecule has 1 aromatic heterocycles. The normalized spacial score (nSPS) is 17.2. The molecule has 2 N–H and O–H groups in total. The smallest absolute Gasteiger partial charge is 0.243 e. The molecule has 0 radical (unpaired) electrons. The number of anilines is 1. The topological polar surface area (TPSA) is 68.9 Å². The van der Waals surface area contributed by atoms with Crippen LogP contribution in [0.5, 0.6) is 5.88 Å². The number of aryl methyl sites for hydroxylation is 1. The van der Waals surface area contributed by atoms with Crippen molar-refractivity contribution in [2.45, 2.75) is 18.9 Å². The summed E-state index contributed by atoms with van der Waals surface area (Å²) in [5.41, 5.74) is 2.86. The van der Waals surface area contributed by atoms with Crippen LogP contribution < -0.4 is 5.32 Å². The number of hydrogen-bond acceptors (Lipinski definition) is 5. The van der Waals surface area contributed by atoms with Crippen LogP contribution in [-0.2, 0) is 6.42 Å². The third kappa shape index (κ3) is 1.71. The Morgan fingerprint density at radius 1 is 1.44 bits per heavy atom. The average molecular weight is 257 g/mol. The second-order valence-corrected chi connectivity index (χ2v) is 5.03. The fourth-order valence-electron chi connectivity index (χ4n) is 2.35. The minimum atomic E-state index is -0.184. The predicted molar refractivity (Wildman–Crippen MR) is 69.6 cm³/mol. The summed E-state index contributed by atoms with van der Waals surface area (Å²) in [5, 5.41) is 22.4. The SMILES string of the molecule is N#Cc1c(O)nsc1NC1CCc2ccccc21. The zero-order chi connectivity index (χ0) is 12.5. The zero-order valence-corrected chi connectivity index (χ0v) is 10.4. The van der Waals surface area contributed by atoms with Gasteiger partial charge in [0.05, 0.1) is 6.04 Å². The number of nitrogens with zero attached hydrogens (tertiary/aromatic N) is 2. The molecule has 0 amide bonds. The lowest BCUT2D eigenvalue weighted by molar-refractivity contribution is 0.458. The second kappa shape index (κ2) is 4.31. The van der Waals surface area contributed by atoms with Gasteiger partial charge in [0.2, 0.25) is 5.88 Å². The van der Waals surface area contributed by atoms with Crippen molar-refractivity contribution in [2.75, 3.05) is 5.32 Å². The van der Waals surface area contributed by atoms with E-state index in [4.69, 9.17) is 5.26 Å². The van der Waals surface area contributed by atoms with Gasteiger partial charge in [0, 0.05) is 0 Å². The van der Waals surface area contributed by atoms with Gasteiger partial charge in [-0.1, -0.05) is 24.3 Å². The molecule has 0 fully saturated rings. The number of benzene rings is 1. The van der Waals surface area contributed by atoms with Gasteiger partial charge >= 0.3 is 0 Å². The van der Waals surface area contributed by atoms with E-state index in [0.29, 0.717) is 5.00 Å². The van der Waals surface area contributed by atoms with Crippen molar-refractivity contribution >= 4 is 16.5 Å². The number of fused-ring (bicyclic) bond motifs is 1. The summed E-state index contributed by atoms with van der Waals surface area (Å²) < 4.78 is 3.80. The average Bonchev–Trinajstić information content (AvgIpc) is 2.95. The molecular formula is C13H11N3OS. The van der Waals surface area contributed by atoms with Gasteiger partial charge in [-0.25, -0.2) is 0 Å². The Balaban J connectivity index is 1.89. The highest BCUT2D eigenvalue weighted by molar-refractivity contribution is 7.10. The summed E-state index contributed by atoms with van der Waals surface area (Å²) in [5.74, 6) is -0.184. The molecular weight excluding hydrogens is 246 g/mol. The summed E-state index contributed by atoms with van der Waals surface area (Å²) in [6.07, 6.45) is 2.05. The van der Waals surface area contributed by atoms with Gasteiger partial charge in [-0.2, -0.15) is 9.64 Å². The molecule has 3 rings (SSSR count). The van der Waals surface area contributed by atoms with Crippen molar-refractivity contribution in [3.05, 3.63) is 41.0 Å². The largest absolute Gasteiger partial charge is 0.492 e. The van der Waals surface area contributed by atoms with Gasteiger partial charge in [-0.15, -0.1) is 0 Å². The van der Waals surface area contributed by atoms with Gasteiger partial charge in [-0.3, -0.25) is 0 Å². The van der Waals surface area contributed by atoms with Crippen molar-refractivity contribution < 1.29 is 5.11 Å². The van der Waals surface area contributed by atoms with Crippen molar-refractivity contribution in [1.82, 2.24) is 4.37 Å². The fraction of sp³-hybridized carbons (Fsp3) is 0.231. The van der Waals surface area contributed by atoms with Crippen LogP contribution in [-0.4, -0.2) is 9.48 Å². The lowest BCUT2D eigenvalue weighted by Gasteiger charge is -2.13. The molecule has 0 bridgehead atoms. The first kappa shape index (κ1) is 11.1. The third-order valence-electron chi connectivity index (χ3n) is 3.22. The number of nitrogens with one attached hydrogen (secondary N) is 1. The van der Waals surface area contributed by atoms with Crippen LogP contribution in [0.3, 0.4) is 0 Å². The van der Waals surface area contributed by atoms with E-state index in [9.17, 15) is 5.11 Å². The van der Waals surface area contributed by atoms with E-state index >= 15 is 0 Å². The molecule has 18 heavy (non-hydrogen) atoms. The lowest BCUT2D eigenvalue weighted by Crippen LogP contribution is -2.06. The quantitative estimate of drug-likeness (QED) is 0.868. The Morgan fingerprint density at radius 3 is 3.11 bits per heavy atom. The van der Waals surface area contributed by atoms with Crippen LogP contribution in [0.25, 0.3) is 0 Å². The maximum Gasteiger partial charge on any atom is 0.243 e. The second-order valence-electron chi connectivity index (χ2n) is 4.26. The number of hydrogen-bond donors (Lipinski definition) is 2. The number of aromatic hydroxyl groups is 1. The van der Waals surface area contributed by atoms with Crippen LogP contribution in [0.2, 0.25) is 0 Å². The van der Waals surface area contributed by atoms with E-state index in [1.165, 1.54) is 11.1 Å². The standard InChI is InChI=1S/C13H11N3OS/c14-7-10-12(17)16-18-13(10)15-11-6-5-8-3-1-2-4-9(8)11/h1-4,11,15H,5-6H2,(H,16,17). The Bertz CT molecular complexity index is 629. The molecule has 1 atom stereocenters. The van der Waals surface area contributed by atoms with E-state index in [-0.39, 0.29) is 17.5 Å². The van der Waals surface area contributed by atoms with Crippen LogP contribution in [0.1, 0.15) is 29.2 Å². The molecule has 1 aliphatic carbocycles. The Hall–Kier alpha value is -2.06. The van der Waals surface area contributed by atoms with E-state index in [2.05, 4.69) is 21.8 Å². The van der Waals surface area contributed by atoms with Gasteiger partial charge in [0.15, 0.2) is 0 Å². The first-order chi connectivity index (χ1) is 8.79. The van der Waals surface area contributed by atoms with Crippen LogP contribution in [0.4, 0.5) is 5.00 Å². The van der Waals surface area contributed by atoms with Gasteiger partial charge < -0.3 is 10.4 Å². The molecule has 0 aliphatic heterocycles. The van der Waals surface area contributed by atoms with E-state index in [0.717, 1.165) is 24.4 Å². The van der Waals surface area contributed by atoms with E-state index in [1.807, 2.05) is 18.2 Å². The maximum absolute atomic E-state index is 9.44. The van der Waals surface area contributed by atoms with Crippen molar-refractivity contribution in [3.8, 4) is 11.9 Å². The first-order valence-corrected chi connectivity index (χ1v) is 6.50. The van der Waals surface area contributed by atoms with Crippen LogP contribution in [0.15, 0.2) is 24.3 Å². The Labute approximate surface area is 109 Å². The molecule has 90 valence electrons. The summed E-state index contributed by atoms with van der Waals surface area (Å²) in [6, 6.07) is 10.5. The third-order valence-corrected chi connectivity index (χ3v) is 3.99. The molecule has 1 aromatic carbocycles. The fourth-order valence-corrected chi connectivity index (χ4v) is 3.04. The summed E-state index contributed by atoms with van der Waals surface area (Å²) in [4.78, 5) is 0. The highest BCUT2D eigenvalue weighted by Gasteiger charge is 2.24. The monoisotopic (exact) mass is 257 g/mol.